The van der Waals surface area contributed by atoms with Crippen molar-refractivity contribution in [2.45, 2.75) is 32.4 Å². The first kappa shape index (κ1) is 12.2. The summed E-state index contributed by atoms with van der Waals surface area (Å²) < 4.78 is 5.40. The molecule has 2 unspecified atom stereocenters. The van der Waals surface area contributed by atoms with E-state index in [9.17, 15) is 0 Å². The van der Waals surface area contributed by atoms with Crippen molar-refractivity contribution in [3.8, 4) is 0 Å². The second kappa shape index (κ2) is 5.85. The first-order chi connectivity index (χ1) is 7.22. The summed E-state index contributed by atoms with van der Waals surface area (Å²) in [6, 6.07) is 8.37. The average Bonchev–Trinajstić information content (AvgIpc) is 2.25. The van der Waals surface area contributed by atoms with Crippen LogP contribution in [-0.2, 0) is 4.74 Å². The smallest absolute Gasteiger partial charge is 0.0776 e. The molecule has 0 aromatic heterocycles. The number of nitrogens with one attached hydrogen (secondary N) is 1. The summed E-state index contributed by atoms with van der Waals surface area (Å²) >= 11 is 0. The third-order valence-corrected chi connectivity index (χ3v) is 2.66. The van der Waals surface area contributed by atoms with Crippen LogP contribution in [0.5, 0.6) is 0 Å². The van der Waals surface area contributed by atoms with E-state index >= 15 is 0 Å². The quantitative estimate of drug-likeness (QED) is 0.574. The molecule has 0 heterocycles. The standard InChI is InChI=1S/C12H20N2O/c1-4-11(15-3)12(14-13)10-7-5-6-9(2)8-10/h5-8,11-12,14H,4,13H2,1-3H3. The topological polar surface area (TPSA) is 47.3 Å². The number of hydrogen-bond acceptors (Lipinski definition) is 3. The number of ether oxygens (including phenoxy) is 1. The molecular weight excluding hydrogens is 188 g/mol. The van der Waals surface area contributed by atoms with Gasteiger partial charge in [0.25, 0.3) is 0 Å². The molecule has 2 atom stereocenters. The fourth-order valence-corrected chi connectivity index (χ4v) is 1.82. The molecule has 0 radical (unpaired) electrons. The number of hydrazine groups is 1. The van der Waals surface area contributed by atoms with Crippen molar-refractivity contribution in [1.82, 2.24) is 5.43 Å². The number of methoxy groups -OCH3 is 1. The molecule has 84 valence electrons. The first-order valence-electron chi connectivity index (χ1n) is 5.28. The molecule has 3 nitrogen and oxygen atoms in total. The normalized spacial score (nSPS) is 14.9. The van der Waals surface area contributed by atoms with Crippen LogP contribution in [0.25, 0.3) is 0 Å². The van der Waals surface area contributed by atoms with E-state index in [-0.39, 0.29) is 12.1 Å². The molecule has 1 aromatic rings. The zero-order chi connectivity index (χ0) is 11.3. The summed E-state index contributed by atoms with van der Waals surface area (Å²) in [5.74, 6) is 5.58. The molecule has 0 amide bonds. The zero-order valence-corrected chi connectivity index (χ0v) is 9.66. The fraction of sp³-hybridized carbons (Fsp3) is 0.500. The van der Waals surface area contributed by atoms with Gasteiger partial charge in [0.15, 0.2) is 0 Å². The van der Waals surface area contributed by atoms with Gasteiger partial charge >= 0.3 is 0 Å². The van der Waals surface area contributed by atoms with E-state index in [4.69, 9.17) is 10.6 Å². The lowest BCUT2D eigenvalue weighted by atomic mass is 9.99. The largest absolute Gasteiger partial charge is 0.379 e. The highest BCUT2D eigenvalue weighted by Gasteiger charge is 2.19. The second-order valence-corrected chi connectivity index (χ2v) is 3.74. The van der Waals surface area contributed by atoms with Gasteiger partial charge in [-0.2, -0.15) is 0 Å². The Labute approximate surface area is 91.6 Å². The molecule has 3 N–H and O–H groups in total. The van der Waals surface area contributed by atoms with Crippen molar-refractivity contribution in [2.24, 2.45) is 5.84 Å². The SMILES string of the molecule is CCC(OC)C(NN)c1cccc(C)c1. The number of benzene rings is 1. The van der Waals surface area contributed by atoms with E-state index in [0.29, 0.717) is 0 Å². The Morgan fingerprint density at radius 3 is 2.67 bits per heavy atom. The van der Waals surface area contributed by atoms with Gasteiger partial charge in [-0.15, -0.1) is 0 Å². The van der Waals surface area contributed by atoms with E-state index in [1.54, 1.807) is 7.11 Å². The summed E-state index contributed by atoms with van der Waals surface area (Å²) in [5.41, 5.74) is 5.23. The van der Waals surface area contributed by atoms with Crippen LogP contribution in [-0.4, -0.2) is 13.2 Å². The van der Waals surface area contributed by atoms with Crippen molar-refractivity contribution >= 4 is 0 Å². The molecule has 0 bridgehead atoms. The number of rotatable bonds is 5. The predicted molar refractivity (Wildman–Crippen MR) is 62.3 cm³/mol. The third-order valence-electron chi connectivity index (χ3n) is 2.66. The molecule has 0 aliphatic carbocycles. The maximum Gasteiger partial charge on any atom is 0.0776 e. The van der Waals surface area contributed by atoms with Crippen LogP contribution in [0.1, 0.15) is 30.5 Å². The molecular formula is C12H20N2O. The molecule has 0 saturated carbocycles. The van der Waals surface area contributed by atoms with Crippen molar-refractivity contribution in [3.63, 3.8) is 0 Å². The molecule has 0 saturated heterocycles. The monoisotopic (exact) mass is 208 g/mol. The van der Waals surface area contributed by atoms with Crippen LogP contribution in [0.4, 0.5) is 0 Å². The van der Waals surface area contributed by atoms with Gasteiger partial charge in [-0.25, -0.2) is 0 Å². The van der Waals surface area contributed by atoms with E-state index in [1.807, 2.05) is 6.07 Å². The molecule has 15 heavy (non-hydrogen) atoms. The van der Waals surface area contributed by atoms with Crippen LogP contribution in [0.15, 0.2) is 24.3 Å². The van der Waals surface area contributed by atoms with Gasteiger partial charge in [0, 0.05) is 7.11 Å². The summed E-state index contributed by atoms with van der Waals surface area (Å²) in [6.07, 6.45) is 1.04. The highest BCUT2D eigenvalue weighted by molar-refractivity contribution is 5.25. The molecule has 0 spiro atoms. The lowest BCUT2D eigenvalue weighted by Gasteiger charge is -2.24. The van der Waals surface area contributed by atoms with Crippen LogP contribution < -0.4 is 11.3 Å². The summed E-state index contributed by atoms with van der Waals surface area (Å²) in [7, 11) is 1.72. The van der Waals surface area contributed by atoms with E-state index in [2.05, 4.69) is 37.5 Å². The molecule has 3 heteroatoms. The van der Waals surface area contributed by atoms with Crippen LogP contribution in [0.2, 0.25) is 0 Å². The van der Waals surface area contributed by atoms with Gasteiger partial charge in [-0.1, -0.05) is 36.8 Å². The Bertz CT molecular complexity index is 297. The van der Waals surface area contributed by atoms with E-state index < -0.39 is 0 Å². The van der Waals surface area contributed by atoms with Crippen molar-refractivity contribution in [3.05, 3.63) is 35.4 Å². The van der Waals surface area contributed by atoms with Crippen LogP contribution in [0, 0.1) is 6.92 Å². The lowest BCUT2D eigenvalue weighted by Crippen LogP contribution is -2.37. The van der Waals surface area contributed by atoms with Gasteiger partial charge in [-0.05, 0) is 18.9 Å². The number of nitrogens with two attached hydrogens (primary N) is 1. The summed E-state index contributed by atoms with van der Waals surface area (Å²) in [6.45, 7) is 4.17. The Morgan fingerprint density at radius 1 is 1.47 bits per heavy atom. The van der Waals surface area contributed by atoms with Crippen LogP contribution in [0.3, 0.4) is 0 Å². The maximum atomic E-state index is 5.58. The highest BCUT2D eigenvalue weighted by Crippen LogP contribution is 2.21. The van der Waals surface area contributed by atoms with Gasteiger partial charge < -0.3 is 4.74 Å². The minimum absolute atomic E-state index is 0.0555. The molecule has 0 aliphatic heterocycles. The Balaban J connectivity index is 2.90. The lowest BCUT2D eigenvalue weighted by molar-refractivity contribution is 0.0651. The Hall–Kier alpha value is -0.900. The third kappa shape index (κ3) is 3.02. The number of aryl methyl sites for hydroxylation is 1. The van der Waals surface area contributed by atoms with E-state index in [1.165, 1.54) is 11.1 Å². The van der Waals surface area contributed by atoms with Crippen molar-refractivity contribution in [1.29, 1.82) is 0 Å². The van der Waals surface area contributed by atoms with Gasteiger partial charge in [0.2, 0.25) is 0 Å². The Kier molecular flexibility index (Phi) is 4.75. The molecule has 1 rings (SSSR count). The molecule has 1 aromatic carbocycles. The van der Waals surface area contributed by atoms with Gasteiger partial charge in [0.05, 0.1) is 12.1 Å². The maximum absolute atomic E-state index is 5.58. The van der Waals surface area contributed by atoms with Gasteiger partial charge in [-0.3, -0.25) is 11.3 Å². The van der Waals surface area contributed by atoms with E-state index in [0.717, 1.165) is 6.42 Å². The summed E-state index contributed by atoms with van der Waals surface area (Å²) in [5, 5.41) is 0. The highest BCUT2D eigenvalue weighted by atomic mass is 16.5. The van der Waals surface area contributed by atoms with Crippen molar-refractivity contribution < 1.29 is 4.74 Å². The summed E-state index contributed by atoms with van der Waals surface area (Å²) in [4.78, 5) is 0. The minimum Gasteiger partial charge on any atom is -0.379 e. The molecule has 0 fully saturated rings. The minimum atomic E-state index is 0.0555. The predicted octanol–water partition coefficient (Wildman–Crippen LogP) is 1.92. The zero-order valence-electron chi connectivity index (χ0n) is 9.66. The second-order valence-electron chi connectivity index (χ2n) is 3.74. The van der Waals surface area contributed by atoms with Crippen molar-refractivity contribution in [2.75, 3.05) is 7.11 Å². The Morgan fingerprint density at radius 2 is 2.20 bits per heavy atom. The van der Waals surface area contributed by atoms with Gasteiger partial charge in [0.1, 0.15) is 0 Å². The fourth-order valence-electron chi connectivity index (χ4n) is 1.82. The number of hydrogen-bond donors (Lipinski definition) is 2. The van der Waals surface area contributed by atoms with Crippen LogP contribution >= 0.6 is 0 Å². The molecule has 0 aliphatic rings. The average molecular weight is 208 g/mol. The first-order valence-corrected chi connectivity index (χ1v) is 5.28.